The number of nitrogens with one attached hydrogen (secondary N) is 1. The van der Waals surface area contributed by atoms with Crippen LogP contribution < -0.4 is 9.46 Å². The predicted molar refractivity (Wildman–Crippen MR) is 88.1 cm³/mol. The molecule has 2 aromatic carbocycles. The number of aryl methyl sites for hydroxylation is 1. The summed E-state index contributed by atoms with van der Waals surface area (Å²) in [5, 5.41) is 0.503. The third kappa shape index (κ3) is 4.22. The minimum atomic E-state index is -3.53. The van der Waals surface area contributed by atoms with Crippen LogP contribution in [0.5, 0.6) is 5.75 Å². The van der Waals surface area contributed by atoms with Gasteiger partial charge >= 0.3 is 0 Å². The van der Waals surface area contributed by atoms with Gasteiger partial charge in [0.1, 0.15) is 5.75 Å². The highest BCUT2D eigenvalue weighted by molar-refractivity contribution is 7.89. The van der Waals surface area contributed by atoms with Crippen molar-refractivity contribution in [1.82, 2.24) is 4.72 Å². The molecule has 0 aliphatic carbocycles. The summed E-state index contributed by atoms with van der Waals surface area (Å²) < 4.78 is 32.2. The number of methoxy groups -OCH3 is 1. The van der Waals surface area contributed by atoms with E-state index < -0.39 is 10.0 Å². The van der Waals surface area contributed by atoms with Crippen LogP contribution in [0, 0.1) is 6.92 Å². The normalized spacial score (nSPS) is 11.4. The Morgan fingerprint density at radius 1 is 1.14 bits per heavy atom. The number of sulfonamides is 1. The van der Waals surface area contributed by atoms with Crippen LogP contribution in [-0.2, 0) is 16.4 Å². The molecule has 0 spiro atoms. The molecule has 0 fully saturated rings. The maximum atomic E-state index is 12.2. The molecule has 22 heavy (non-hydrogen) atoms. The second-order valence-electron chi connectivity index (χ2n) is 4.92. The molecule has 0 atom stereocenters. The first-order chi connectivity index (χ1) is 10.4. The summed E-state index contributed by atoms with van der Waals surface area (Å²) in [5.74, 6) is 0.760. The van der Waals surface area contributed by atoms with E-state index in [0.29, 0.717) is 18.0 Å². The van der Waals surface area contributed by atoms with E-state index in [1.54, 1.807) is 19.2 Å². The van der Waals surface area contributed by atoms with Gasteiger partial charge in [-0.3, -0.25) is 0 Å². The van der Waals surface area contributed by atoms with Gasteiger partial charge in [0.25, 0.3) is 0 Å². The van der Waals surface area contributed by atoms with Crippen molar-refractivity contribution in [2.24, 2.45) is 0 Å². The Morgan fingerprint density at radius 3 is 2.45 bits per heavy atom. The molecule has 2 aromatic rings. The fraction of sp³-hybridized carbons (Fsp3) is 0.250. The molecular weight excluding hydrogens is 322 g/mol. The molecule has 0 aromatic heterocycles. The summed E-state index contributed by atoms with van der Waals surface area (Å²) in [4.78, 5) is 0.202. The maximum absolute atomic E-state index is 12.2. The molecule has 118 valence electrons. The number of hydrogen-bond acceptors (Lipinski definition) is 3. The van der Waals surface area contributed by atoms with Crippen molar-refractivity contribution in [3.63, 3.8) is 0 Å². The van der Waals surface area contributed by atoms with Crippen molar-refractivity contribution in [3.05, 3.63) is 58.6 Å². The van der Waals surface area contributed by atoms with Crippen molar-refractivity contribution < 1.29 is 13.2 Å². The Bertz CT molecular complexity index is 742. The lowest BCUT2D eigenvalue weighted by Crippen LogP contribution is -2.26. The molecule has 0 saturated heterocycles. The molecule has 0 saturated carbocycles. The Labute approximate surface area is 136 Å². The minimum Gasteiger partial charge on any atom is -0.496 e. The zero-order valence-corrected chi connectivity index (χ0v) is 14.0. The molecular formula is C16H18ClNO3S. The second kappa shape index (κ2) is 7.13. The van der Waals surface area contributed by atoms with Gasteiger partial charge in [0, 0.05) is 11.6 Å². The van der Waals surface area contributed by atoms with Gasteiger partial charge in [0.2, 0.25) is 10.0 Å². The van der Waals surface area contributed by atoms with Gasteiger partial charge in [-0.15, -0.1) is 0 Å². The van der Waals surface area contributed by atoms with Gasteiger partial charge in [-0.25, -0.2) is 13.1 Å². The average Bonchev–Trinajstić information content (AvgIpc) is 2.48. The molecule has 0 radical (unpaired) electrons. The molecule has 1 N–H and O–H groups in total. The zero-order valence-electron chi connectivity index (χ0n) is 12.5. The lowest BCUT2D eigenvalue weighted by atomic mass is 10.1. The van der Waals surface area contributed by atoms with E-state index in [1.165, 1.54) is 12.1 Å². The van der Waals surface area contributed by atoms with Gasteiger partial charge < -0.3 is 4.74 Å². The van der Waals surface area contributed by atoms with Crippen LogP contribution in [0.25, 0.3) is 0 Å². The summed E-state index contributed by atoms with van der Waals surface area (Å²) in [6, 6.07) is 11.9. The van der Waals surface area contributed by atoms with Crippen LogP contribution in [0.15, 0.2) is 47.4 Å². The summed E-state index contributed by atoms with van der Waals surface area (Å²) in [7, 11) is -1.92. The van der Waals surface area contributed by atoms with Crippen molar-refractivity contribution in [3.8, 4) is 5.75 Å². The second-order valence-corrected chi connectivity index (χ2v) is 7.12. The fourth-order valence-corrected chi connectivity index (χ4v) is 3.28. The monoisotopic (exact) mass is 339 g/mol. The minimum absolute atomic E-state index is 0.202. The molecule has 0 unspecified atom stereocenters. The summed E-state index contributed by atoms with van der Waals surface area (Å²) in [6.45, 7) is 2.28. The predicted octanol–water partition coefficient (Wildman–Crippen LogP) is 3.18. The van der Waals surface area contributed by atoms with E-state index in [2.05, 4.69) is 4.72 Å². The molecule has 0 amide bonds. The summed E-state index contributed by atoms with van der Waals surface area (Å²) in [6.07, 6.45) is 0.553. The average molecular weight is 340 g/mol. The van der Waals surface area contributed by atoms with Crippen LogP contribution in [0.4, 0.5) is 0 Å². The lowest BCUT2D eigenvalue weighted by Gasteiger charge is -2.11. The van der Waals surface area contributed by atoms with Crippen LogP contribution in [0.1, 0.15) is 11.1 Å². The largest absolute Gasteiger partial charge is 0.496 e. The van der Waals surface area contributed by atoms with Gasteiger partial charge in [0.15, 0.2) is 0 Å². The molecule has 0 aliphatic rings. The van der Waals surface area contributed by atoms with Gasteiger partial charge in [-0.2, -0.15) is 0 Å². The Morgan fingerprint density at radius 2 is 1.82 bits per heavy atom. The van der Waals surface area contributed by atoms with E-state index in [-0.39, 0.29) is 4.90 Å². The topological polar surface area (TPSA) is 55.4 Å². The number of halogens is 1. The quantitative estimate of drug-likeness (QED) is 0.879. The van der Waals surface area contributed by atoms with Gasteiger partial charge in [-0.1, -0.05) is 29.3 Å². The Balaban J connectivity index is 2.04. The van der Waals surface area contributed by atoms with Gasteiger partial charge in [0.05, 0.1) is 12.0 Å². The highest BCUT2D eigenvalue weighted by Gasteiger charge is 2.13. The van der Waals surface area contributed by atoms with E-state index in [0.717, 1.165) is 16.9 Å². The third-order valence-electron chi connectivity index (χ3n) is 3.25. The lowest BCUT2D eigenvalue weighted by molar-refractivity contribution is 0.409. The number of ether oxygens (including phenoxy) is 1. The van der Waals surface area contributed by atoms with E-state index in [4.69, 9.17) is 16.3 Å². The standard InChI is InChI=1S/C16H18ClNO3S/c1-12-3-8-16(21-2)13(11-12)9-10-18-22(19,20)15-6-4-14(17)5-7-15/h3-8,11,18H,9-10H2,1-2H3. The van der Waals surface area contributed by atoms with E-state index >= 15 is 0 Å². The van der Waals surface area contributed by atoms with Crippen molar-refractivity contribution in [1.29, 1.82) is 0 Å². The molecule has 0 bridgehead atoms. The summed E-state index contributed by atoms with van der Waals surface area (Å²) in [5.41, 5.74) is 2.08. The molecule has 0 heterocycles. The number of hydrogen-bond donors (Lipinski definition) is 1. The van der Waals surface area contributed by atoms with Crippen LogP contribution in [-0.4, -0.2) is 22.1 Å². The molecule has 2 rings (SSSR count). The van der Waals surface area contributed by atoms with Crippen molar-refractivity contribution in [2.45, 2.75) is 18.2 Å². The Hall–Kier alpha value is -1.56. The SMILES string of the molecule is COc1ccc(C)cc1CCNS(=O)(=O)c1ccc(Cl)cc1. The number of benzene rings is 2. The first kappa shape index (κ1) is 16.8. The third-order valence-corrected chi connectivity index (χ3v) is 4.98. The van der Waals surface area contributed by atoms with Crippen molar-refractivity contribution in [2.75, 3.05) is 13.7 Å². The maximum Gasteiger partial charge on any atom is 0.240 e. The summed E-state index contributed by atoms with van der Waals surface area (Å²) >= 11 is 5.77. The molecule has 6 heteroatoms. The fourth-order valence-electron chi connectivity index (χ4n) is 2.12. The Kier molecular flexibility index (Phi) is 5.45. The highest BCUT2D eigenvalue weighted by Crippen LogP contribution is 2.20. The number of rotatable bonds is 6. The first-order valence-corrected chi connectivity index (χ1v) is 8.67. The highest BCUT2D eigenvalue weighted by atomic mass is 35.5. The van der Waals surface area contributed by atoms with Crippen LogP contribution in [0.2, 0.25) is 5.02 Å². The van der Waals surface area contributed by atoms with E-state index in [9.17, 15) is 8.42 Å². The van der Waals surface area contributed by atoms with Crippen LogP contribution >= 0.6 is 11.6 Å². The molecule has 4 nitrogen and oxygen atoms in total. The zero-order chi connectivity index (χ0) is 16.2. The van der Waals surface area contributed by atoms with Crippen molar-refractivity contribution >= 4 is 21.6 Å². The van der Waals surface area contributed by atoms with Crippen LogP contribution in [0.3, 0.4) is 0 Å². The van der Waals surface area contributed by atoms with E-state index in [1.807, 2.05) is 25.1 Å². The molecule has 0 aliphatic heterocycles. The first-order valence-electron chi connectivity index (χ1n) is 6.81. The smallest absolute Gasteiger partial charge is 0.240 e. The van der Waals surface area contributed by atoms with Gasteiger partial charge in [-0.05, 0) is 49.2 Å².